The molecule has 2 aromatic carbocycles. The van der Waals surface area contributed by atoms with Crippen LogP contribution in [0.15, 0.2) is 64.2 Å². The van der Waals surface area contributed by atoms with E-state index in [1.165, 1.54) is 14.7 Å². The minimum atomic E-state index is -0.511. The highest BCUT2D eigenvalue weighted by molar-refractivity contribution is 5.81. The van der Waals surface area contributed by atoms with Crippen molar-refractivity contribution in [2.24, 2.45) is 0 Å². The zero-order chi connectivity index (χ0) is 25.0. The van der Waals surface area contributed by atoms with Crippen LogP contribution in [0.25, 0.3) is 10.9 Å². The minimum absolute atomic E-state index is 0.0287. The Morgan fingerprint density at radius 1 is 0.800 bits per heavy atom. The number of unbranched alkanes of at least 4 members (excludes halogenated alkanes) is 1. The summed E-state index contributed by atoms with van der Waals surface area (Å²) >= 11 is 0. The molecule has 8 nitrogen and oxygen atoms in total. The van der Waals surface area contributed by atoms with Crippen molar-refractivity contribution in [2.45, 2.75) is 58.5 Å². The van der Waals surface area contributed by atoms with Gasteiger partial charge in [-0.25, -0.2) is 4.79 Å². The summed E-state index contributed by atoms with van der Waals surface area (Å²) in [6.07, 6.45) is 3.94. The van der Waals surface area contributed by atoms with Crippen LogP contribution in [0.2, 0.25) is 0 Å². The summed E-state index contributed by atoms with van der Waals surface area (Å²) in [4.78, 5) is 50.6. The van der Waals surface area contributed by atoms with Gasteiger partial charge in [-0.3, -0.25) is 23.5 Å². The number of amides is 2. The summed E-state index contributed by atoms with van der Waals surface area (Å²) in [7, 11) is 0. The Hall–Kier alpha value is -3.68. The molecule has 0 aliphatic carbocycles. The number of fused-ring (bicyclic) bond motifs is 1. The molecule has 186 valence electrons. The Labute approximate surface area is 205 Å². The topological polar surface area (TPSA) is 102 Å². The van der Waals surface area contributed by atoms with Gasteiger partial charge in [-0.2, -0.15) is 0 Å². The quantitative estimate of drug-likeness (QED) is 0.369. The molecule has 8 heteroatoms. The summed E-state index contributed by atoms with van der Waals surface area (Å²) in [6.45, 7) is 3.16. The van der Waals surface area contributed by atoms with Crippen LogP contribution >= 0.6 is 0 Å². The molecule has 1 aromatic heterocycles. The molecule has 1 heterocycles. The zero-order valence-electron chi connectivity index (χ0n) is 20.3. The summed E-state index contributed by atoms with van der Waals surface area (Å²) in [5.41, 5.74) is 0.764. The average molecular weight is 479 g/mol. The van der Waals surface area contributed by atoms with Crippen LogP contribution in [-0.4, -0.2) is 34.0 Å². The normalized spacial score (nSPS) is 10.9. The molecule has 0 bridgehead atoms. The van der Waals surface area contributed by atoms with Crippen molar-refractivity contribution in [2.75, 3.05) is 13.1 Å². The third-order valence-corrected chi connectivity index (χ3v) is 5.85. The van der Waals surface area contributed by atoms with E-state index in [1.54, 1.807) is 24.3 Å². The number of carbonyl (C=O) groups is 2. The van der Waals surface area contributed by atoms with Crippen LogP contribution in [0.1, 0.15) is 44.6 Å². The fourth-order valence-corrected chi connectivity index (χ4v) is 3.99. The van der Waals surface area contributed by atoms with Crippen LogP contribution in [0.5, 0.6) is 0 Å². The molecule has 0 atom stereocenters. The number of hydrogen-bond acceptors (Lipinski definition) is 4. The number of carbonyl (C=O) groups excluding carboxylic acids is 2. The molecule has 0 saturated heterocycles. The van der Waals surface area contributed by atoms with E-state index >= 15 is 0 Å². The molecule has 0 fully saturated rings. The molecule has 0 spiro atoms. The van der Waals surface area contributed by atoms with E-state index < -0.39 is 5.69 Å². The molecule has 0 aliphatic heterocycles. The second-order valence-electron chi connectivity index (χ2n) is 8.59. The lowest BCUT2D eigenvalue weighted by Gasteiger charge is -2.14. The number of para-hydroxylation sites is 1. The summed E-state index contributed by atoms with van der Waals surface area (Å²) in [5.74, 6) is -0.304. The second kappa shape index (κ2) is 13.3. The first kappa shape index (κ1) is 25.9. The largest absolute Gasteiger partial charge is 0.356 e. The molecule has 35 heavy (non-hydrogen) atoms. The first-order valence-electron chi connectivity index (χ1n) is 12.3. The SMILES string of the molecule is CCCNC(=O)CCCCn1c(=O)c2ccccc2n(CC(=O)NCCCc2ccccc2)c1=O. The number of aryl methyl sites for hydroxylation is 1. The highest BCUT2D eigenvalue weighted by Crippen LogP contribution is 2.08. The number of nitrogens with zero attached hydrogens (tertiary/aromatic N) is 2. The van der Waals surface area contributed by atoms with Crippen molar-refractivity contribution in [3.05, 3.63) is 81.0 Å². The Morgan fingerprint density at radius 3 is 2.29 bits per heavy atom. The fraction of sp³-hybridized carbons (Fsp3) is 0.407. The highest BCUT2D eigenvalue weighted by atomic mass is 16.2. The molecule has 3 aromatic rings. The lowest BCUT2D eigenvalue weighted by atomic mass is 10.1. The molecule has 0 radical (unpaired) electrons. The van der Waals surface area contributed by atoms with Crippen molar-refractivity contribution < 1.29 is 9.59 Å². The van der Waals surface area contributed by atoms with Crippen molar-refractivity contribution in [3.63, 3.8) is 0 Å². The first-order valence-corrected chi connectivity index (χ1v) is 12.3. The van der Waals surface area contributed by atoms with Crippen molar-refractivity contribution in [3.8, 4) is 0 Å². The Kier molecular flexibility index (Phi) is 9.83. The van der Waals surface area contributed by atoms with Crippen molar-refractivity contribution in [1.82, 2.24) is 19.8 Å². The maximum atomic E-state index is 13.2. The van der Waals surface area contributed by atoms with E-state index in [9.17, 15) is 19.2 Å². The fourth-order valence-electron chi connectivity index (χ4n) is 3.99. The molecule has 0 unspecified atom stereocenters. The van der Waals surface area contributed by atoms with Crippen molar-refractivity contribution >= 4 is 22.7 Å². The standard InChI is InChI=1S/C27H34N4O4/c1-2-17-28-24(32)16-8-9-19-30-26(34)22-14-6-7-15-23(22)31(27(30)35)20-25(33)29-18-10-13-21-11-4-3-5-12-21/h3-7,11-12,14-15H,2,8-10,13,16-20H2,1H3,(H,28,32)(H,29,33). The van der Waals surface area contributed by atoms with Crippen LogP contribution in [-0.2, 0) is 29.1 Å². The number of rotatable bonds is 13. The summed E-state index contributed by atoms with van der Waals surface area (Å²) in [5, 5.41) is 6.09. The zero-order valence-corrected chi connectivity index (χ0v) is 20.3. The van der Waals surface area contributed by atoms with Gasteiger partial charge in [-0.05, 0) is 49.8 Å². The van der Waals surface area contributed by atoms with Crippen molar-refractivity contribution in [1.29, 1.82) is 0 Å². The lowest BCUT2D eigenvalue weighted by molar-refractivity contribution is -0.122. The van der Waals surface area contributed by atoms with Gasteiger partial charge in [-0.1, -0.05) is 49.4 Å². The van der Waals surface area contributed by atoms with Crippen LogP contribution < -0.4 is 21.9 Å². The van der Waals surface area contributed by atoms with Gasteiger partial charge in [0.1, 0.15) is 6.54 Å². The van der Waals surface area contributed by atoms with E-state index in [-0.39, 0.29) is 30.5 Å². The average Bonchev–Trinajstić information content (AvgIpc) is 2.88. The van der Waals surface area contributed by atoms with Gasteiger partial charge in [0, 0.05) is 26.1 Å². The Balaban J connectivity index is 1.66. The lowest BCUT2D eigenvalue weighted by Crippen LogP contribution is -2.42. The molecule has 0 saturated carbocycles. The number of nitrogens with one attached hydrogen (secondary N) is 2. The van der Waals surface area contributed by atoms with Gasteiger partial charge in [0.25, 0.3) is 5.56 Å². The number of aromatic nitrogens is 2. The second-order valence-corrected chi connectivity index (χ2v) is 8.59. The Bertz CT molecular complexity index is 1250. The minimum Gasteiger partial charge on any atom is -0.356 e. The number of benzene rings is 2. The van der Waals surface area contributed by atoms with Gasteiger partial charge < -0.3 is 10.6 Å². The van der Waals surface area contributed by atoms with Gasteiger partial charge in [0.15, 0.2) is 0 Å². The Morgan fingerprint density at radius 2 is 1.51 bits per heavy atom. The highest BCUT2D eigenvalue weighted by Gasteiger charge is 2.15. The maximum absolute atomic E-state index is 13.2. The smallest absolute Gasteiger partial charge is 0.331 e. The van der Waals surface area contributed by atoms with E-state index in [4.69, 9.17) is 0 Å². The molecule has 3 rings (SSSR count). The van der Waals surface area contributed by atoms with Gasteiger partial charge in [0.05, 0.1) is 10.9 Å². The number of hydrogen-bond donors (Lipinski definition) is 2. The van der Waals surface area contributed by atoms with Gasteiger partial charge in [0.2, 0.25) is 11.8 Å². The van der Waals surface area contributed by atoms with Crippen LogP contribution in [0.4, 0.5) is 0 Å². The molecule has 2 N–H and O–H groups in total. The predicted octanol–water partition coefficient (Wildman–Crippen LogP) is 2.61. The maximum Gasteiger partial charge on any atom is 0.331 e. The third-order valence-electron chi connectivity index (χ3n) is 5.85. The predicted molar refractivity (Wildman–Crippen MR) is 137 cm³/mol. The van der Waals surface area contributed by atoms with Gasteiger partial charge in [-0.15, -0.1) is 0 Å². The van der Waals surface area contributed by atoms with Gasteiger partial charge >= 0.3 is 5.69 Å². The molecular formula is C27H34N4O4. The van der Waals surface area contributed by atoms with E-state index in [0.29, 0.717) is 43.3 Å². The monoisotopic (exact) mass is 478 g/mol. The van der Waals surface area contributed by atoms with Crippen LogP contribution in [0, 0.1) is 0 Å². The first-order chi connectivity index (χ1) is 17.0. The van der Waals surface area contributed by atoms with E-state index in [1.807, 2.05) is 37.3 Å². The summed E-state index contributed by atoms with van der Waals surface area (Å²) < 4.78 is 2.53. The third kappa shape index (κ3) is 7.40. The molecule has 2 amide bonds. The molecule has 0 aliphatic rings. The van der Waals surface area contributed by atoms with E-state index in [0.717, 1.165) is 19.3 Å². The summed E-state index contributed by atoms with van der Waals surface area (Å²) in [6, 6.07) is 16.9. The molecular weight excluding hydrogens is 444 g/mol. The van der Waals surface area contributed by atoms with Crippen LogP contribution in [0.3, 0.4) is 0 Å². The van der Waals surface area contributed by atoms with E-state index in [2.05, 4.69) is 10.6 Å².